The van der Waals surface area contributed by atoms with E-state index in [4.69, 9.17) is 9.47 Å². The van der Waals surface area contributed by atoms with E-state index in [-0.39, 0.29) is 5.91 Å². The molecule has 3 amide bonds. The van der Waals surface area contributed by atoms with Crippen LogP contribution < -0.4 is 14.8 Å². The molecular formula is C16H21N3O5. The molecule has 0 bridgehead atoms. The molecule has 1 heterocycles. The number of carbonyl (C=O) groups is 3. The van der Waals surface area contributed by atoms with Crippen LogP contribution >= 0.6 is 0 Å². The van der Waals surface area contributed by atoms with Crippen molar-refractivity contribution in [3.8, 4) is 11.5 Å². The summed E-state index contributed by atoms with van der Waals surface area (Å²) in [7, 11) is 2.98. The largest absolute Gasteiger partial charge is 0.497 e. The fraction of sp³-hybridized carbons (Fsp3) is 0.438. The number of nitrogens with one attached hydrogen (secondary N) is 1. The zero-order valence-corrected chi connectivity index (χ0v) is 14.0. The number of nitrogens with zero attached hydrogens (tertiary/aromatic N) is 2. The van der Waals surface area contributed by atoms with Gasteiger partial charge >= 0.3 is 11.8 Å². The number of rotatable bonds is 3. The molecule has 1 fully saturated rings. The molecule has 1 aromatic carbocycles. The van der Waals surface area contributed by atoms with Crippen LogP contribution in [0.15, 0.2) is 18.2 Å². The average molecular weight is 335 g/mol. The van der Waals surface area contributed by atoms with E-state index in [2.05, 4.69) is 5.32 Å². The molecule has 0 atom stereocenters. The third-order valence-corrected chi connectivity index (χ3v) is 3.86. The van der Waals surface area contributed by atoms with E-state index in [1.54, 1.807) is 23.1 Å². The Hall–Kier alpha value is -2.77. The van der Waals surface area contributed by atoms with Gasteiger partial charge in [-0.3, -0.25) is 14.4 Å². The van der Waals surface area contributed by atoms with Gasteiger partial charge in [-0.05, 0) is 12.1 Å². The van der Waals surface area contributed by atoms with Gasteiger partial charge in [0.05, 0.1) is 19.9 Å². The van der Waals surface area contributed by atoms with Crippen molar-refractivity contribution in [3.63, 3.8) is 0 Å². The lowest BCUT2D eigenvalue weighted by Gasteiger charge is -2.33. The Morgan fingerprint density at radius 2 is 1.62 bits per heavy atom. The van der Waals surface area contributed by atoms with Gasteiger partial charge in [0.15, 0.2) is 0 Å². The number of piperazine rings is 1. The molecule has 130 valence electrons. The first-order chi connectivity index (χ1) is 11.5. The van der Waals surface area contributed by atoms with Gasteiger partial charge in [0.25, 0.3) is 0 Å². The summed E-state index contributed by atoms with van der Waals surface area (Å²) in [6.07, 6.45) is 0. The van der Waals surface area contributed by atoms with Crippen molar-refractivity contribution in [2.45, 2.75) is 6.92 Å². The quantitative estimate of drug-likeness (QED) is 0.805. The smallest absolute Gasteiger partial charge is 0.314 e. The standard InChI is InChI=1S/C16H21N3O5/c1-11(20)18-6-8-19(9-7-18)16(22)15(21)17-13-10-12(23-2)4-5-14(13)24-3/h4-5,10H,6-9H2,1-3H3,(H,17,21). The van der Waals surface area contributed by atoms with Gasteiger partial charge < -0.3 is 24.6 Å². The summed E-state index contributed by atoms with van der Waals surface area (Å²) in [6, 6.07) is 4.92. The number of methoxy groups -OCH3 is 2. The van der Waals surface area contributed by atoms with Crippen molar-refractivity contribution in [2.24, 2.45) is 0 Å². The summed E-state index contributed by atoms with van der Waals surface area (Å²) in [6.45, 7) is 3.01. The lowest BCUT2D eigenvalue weighted by atomic mass is 10.2. The number of anilines is 1. The summed E-state index contributed by atoms with van der Waals surface area (Å²) in [5.41, 5.74) is 0.359. The summed E-state index contributed by atoms with van der Waals surface area (Å²) in [5.74, 6) is -0.458. The van der Waals surface area contributed by atoms with Gasteiger partial charge in [-0.1, -0.05) is 0 Å². The first-order valence-corrected chi connectivity index (χ1v) is 7.54. The van der Waals surface area contributed by atoms with Crippen LogP contribution in [-0.2, 0) is 14.4 Å². The second-order valence-electron chi connectivity index (χ2n) is 5.32. The van der Waals surface area contributed by atoms with Crippen LogP contribution in [0.2, 0.25) is 0 Å². The highest BCUT2D eigenvalue weighted by Gasteiger charge is 2.27. The van der Waals surface area contributed by atoms with E-state index in [1.165, 1.54) is 26.0 Å². The lowest BCUT2D eigenvalue weighted by Crippen LogP contribution is -2.52. The zero-order chi connectivity index (χ0) is 17.7. The Labute approximate surface area is 140 Å². The maximum atomic E-state index is 12.3. The Morgan fingerprint density at radius 3 is 2.17 bits per heavy atom. The van der Waals surface area contributed by atoms with Crippen LogP contribution in [0.3, 0.4) is 0 Å². The second kappa shape index (κ2) is 7.67. The van der Waals surface area contributed by atoms with Crippen LogP contribution in [0.5, 0.6) is 11.5 Å². The topological polar surface area (TPSA) is 88.2 Å². The number of hydrogen-bond acceptors (Lipinski definition) is 5. The normalized spacial score (nSPS) is 14.1. The van der Waals surface area contributed by atoms with Gasteiger partial charge in [-0.15, -0.1) is 0 Å². The molecule has 1 N–H and O–H groups in total. The number of benzene rings is 1. The molecule has 1 saturated heterocycles. The van der Waals surface area contributed by atoms with Gasteiger partial charge in [-0.25, -0.2) is 0 Å². The lowest BCUT2D eigenvalue weighted by molar-refractivity contribution is -0.145. The van der Waals surface area contributed by atoms with Crippen molar-refractivity contribution in [1.82, 2.24) is 9.80 Å². The molecule has 0 spiro atoms. The van der Waals surface area contributed by atoms with E-state index in [1.807, 2.05) is 0 Å². The Balaban J connectivity index is 2.02. The molecule has 1 aliphatic heterocycles. The predicted octanol–water partition coefficient (Wildman–Crippen LogP) is 0.333. The van der Waals surface area contributed by atoms with Crippen LogP contribution in [0.25, 0.3) is 0 Å². The molecule has 0 unspecified atom stereocenters. The van der Waals surface area contributed by atoms with Gasteiger partial charge in [-0.2, -0.15) is 0 Å². The minimum Gasteiger partial charge on any atom is -0.497 e. The molecule has 24 heavy (non-hydrogen) atoms. The minimum absolute atomic E-state index is 0.0346. The Kier molecular flexibility index (Phi) is 5.62. The number of ether oxygens (including phenoxy) is 2. The maximum Gasteiger partial charge on any atom is 0.314 e. The van der Waals surface area contributed by atoms with Crippen LogP contribution in [-0.4, -0.2) is 67.9 Å². The first kappa shape index (κ1) is 17.6. The number of amides is 3. The minimum atomic E-state index is -0.752. The Morgan fingerprint density at radius 1 is 1.00 bits per heavy atom. The highest BCUT2D eigenvalue weighted by Crippen LogP contribution is 2.28. The summed E-state index contributed by atoms with van der Waals surface area (Å²) >= 11 is 0. The van der Waals surface area contributed by atoms with Crippen molar-refractivity contribution >= 4 is 23.4 Å². The summed E-state index contributed by atoms with van der Waals surface area (Å²) < 4.78 is 10.3. The highest BCUT2D eigenvalue weighted by molar-refractivity contribution is 6.39. The fourth-order valence-corrected chi connectivity index (χ4v) is 2.46. The summed E-state index contributed by atoms with van der Waals surface area (Å²) in [4.78, 5) is 38.9. The molecule has 2 rings (SSSR count). The molecule has 8 heteroatoms. The van der Waals surface area contributed by atoms with E-state index < -0.39 is 11.8 Å². The molecule has 0 aliphatic carbocycles. The predicted molar refractivity (Wildman–Crippen MR) is 87.0 cm³/mol. The van der Waals surface area contributed by atoms with Crippen molar-refractivity contribution in [3.05, 3.63) is 18.2 Å². The van der Waals surface area contributed by atoms with Crippen LogP contribution in [0.4, 0.5) is 5.69 Å². The molecule has 1 aromatic rings. The van der Waals surface area contributed by atoms with Crippen molar-refractivity contribution in [1.29, 1.82) is 0 Å². The maximum absolute atomic E-state index is 12.3. The number of carbonyl (C=O) groups excluding carboxylic acids is 3. The molecule has 0 aromatic heterocycles. The van der Waals surface area contributed by atoms with Crippen molar-refractivity contribution < 1.29 is 23.9 Å². The zero-order valence-electron chi connectivity index (χ0n) is 14.0. The monoisotopic (exact) mass is 335 g/mol. The van der Waals surface area contributed by atoms with E-state index in [0.29, 0.717) is 43.4 Å². The van der Waals surface area contributed by atoms with E-state index >= 15 is 0 Å². The average Bonchev–Trinajstić information content (AvgIpc) is 2.60. The third kappa shape index (κ3) is 3.95. The van der Waals surface area contributed by atoms with E-state index in [0.717, 1.165) is 0 Å². The Bertz CT molecular complexity index is 639. The first-order valence-electron chi connectivity index (χ1n) is 7.54. The SMILES string of the molecule is COc1ccc(OC)c(NC(=O)C(=O)N2CCN(C(C)=O)CC2)c1. The molecule has 0 saturated carbocycles. The van der Waals surface area contributed by atoms with Gasteiger partial charge in [0, 0.05) is 39.2 Å². The van der Waals surface area contributed by atoms with Crippen LogP contribution in [0, 0.1) is 0 Å². The number of hydrogen-bond donors (Lipinski definition) is 1. The fourth-order valence-electron chi connectivity index (χ4n) is 2.46. The second-order valence-corrected chi connectivity index (χ2v) is 5.32. The van der Waals surface area contributed by atoms with Gasteiger partial charge in [0.1, 0.15) is 11.5 Å². The third-order valence-electron chi connectivity index (χ3n) is 3.86. The van der Waals surface area contributed by atoms with Gasteiger partial charge in [0.2, 0.25) is 5.91 Å². The van der Waals surface area contributed by atoms with Crippen molar-refractivity contribution in [2.75, 3.05) is 45.7 Å². The molecular weight excluding hydrogens is 314 g/mol. The summed E-state index contributed by atoms with van der Waals surface area (Å²) in [5, 5.41) is 2.55. The molecule has 1 aliphatic rings. The molecule has 8 nitrogen and oxygen atoms in total. The van der Waals surface area contributed by atoms with E-state index in [9.17, 15) is 14.4 Å². The van der Waals surface area contributed by atoms with Crippen LogP contribution in [0.1, 0.15) is 6.92 Å². The molecule has 0 radical (unpaired) electrons. The highest BCUT2D eigenvalue weighted by atomic mass is 16.5.